The summed E-state index contributed by atoms with van der Waals surface area (Å²) < 4.78 is 11.8. The number of anilines is 2. The maximum atomic E-state index is 13.5. The van der Waals surface area contributed by atoms with E-state index in [9.17, 15) is 4.79 Å². The lowest BCUT2D eigenvalue weighted by Gasteiger charge is -2.21. The van der Waals surface area contributed by atoms with Crippen molar-refractivity contribution in [3.05, 3.63) is 77.9 Å². The molecule has 0 spiro atoms. The number of nitrogens with zero attached hydrogens (tertiary/aromatic N) is 2. The highest BCUT2D eigenvalue weighted by Crippen LogP contribution is 2.35. The summed E-state index contributed by atoms with van der Waals surface area (Å²) in [5.41, 5.74) is 3.76. The monoisotopic (exact) mass is 432 g/mol. The first-order chi connectivity index (χ1) is 15.1. The third-order valence-electron chi connectivity index (χ3n) is 5.13. The van der Waals surface area contributed by atoms with E-state index in [0.717, 1.165) is 27.9 Å². The predicted molar refractivity (Wildman–Crippen MR) is 126 cm³/mol. The summed E-state index contributed by atoms with van der Waals surface area (Å²) in [7, 11) is 3.18. The van der Waals surface area contributed by atoms with Gasteiger partial charge in [0.05, 0.1) is 36.5 Å². The van der Waals surface area contributed by atoms with Crippen molar-refractivity contribution >= 4 is 38.3 Å². The van der Waals surface area contributed by atoms with E-state index >= 15 is 0 Å². The number of aryl methyl sites for hydroxylation is 1. The molecule has 0 aliphatic heterocycles. The summed E-state index contributed by atoms with van der Waals surface area (Å²) >= 11 is 1.51. The maximum Gasteiger partial charge on any atom is 0.237 e. The molecule has 1 heterocycles. The van der Waals surface area contributed by atoms with Crippen molar-refractivity contribution in [2.45, 2.75) is 19.8 Å². The first-order valence-corrected chi connectivity index (χ1v) is 10.9. The number of ether oxygens (including phenoxy) is 2. The molecule has 0 aliphatic carbocycles. The standard InChI is InChI=1S/C25H24N2O3S/c1-4-17-9-12-19(13-10-17)27(25-26-20-7-5-6-8-23(20)31-25)24(28)16-18-11-14-21(29-2)22(15-18)30-3/h5-15H,4,16H2,1-3H3. The number of aromatic nitrogens is 1. The highest BCUT2D eigenvalue weighted by Gasteiger charge is 2.22. The van der Waals surface area contributed by atoms with Gasteiger partial charge in [-0.15, -0.1) is 0 Å². The van der Waals surface area contributed by atoms with Crippen LogP contribution in [0.2, 0.25) is 0 Å². The highest BCUT2D eigenvalue weighted by atomic mass is 32.1. The number of hydrogen-bond donors (Lipinski definition) is 0. The Morgan fingerprint density at radius 2 is 1.65 bits per heavy atom. The van der Waals surface area contributed by atoms with E-state index in [1.54, 1.807) is 19.1 Å². The Balaban J connectivity index is 1.71. The molecule has 0 N–H and O–H groups in total. The molecule has 0 saturated heterocycles. The van der Waals surface area contributed by atoms with Gasteiger partial charge in [-0.2, -0.15) is 0 Å². The fourth-order valence-corrected chi connectivity index (χ4v) is 4.45. The topological polar surface area (TPSA) is 51.7 Å². The number of rotatable bonds is 7. The molecule has 6 heteroatoms. The van der Waals surface area contributed by atoms with E-state index in [1.807, 2.05) is 54.6 Å². The number of carbonyl (C=O) groups excluding carboxylic acids is 1. The fraction of sp³-hybridized carbons (Fsp3) is 0.200. The number of fused-ring (bicyclic) bond motifs is 1. The van der Waals surface area contributed by atoms with E-state index in [1.165, 1.54) is 16.9 Å². The van der Waals surface area contributed by atoms with Crippen LogP contribution in [-0.4, -0.2) is 25.1 Å². The van der Waals surface area contributed by atoms with Gasteiger partial charge < -0.3 is 9.47 Å². The lowest BCUT2D eigenvalue weighted by molar-refractivity contribution is -0.117. The van der Waals surface area contributed by atoms with Crippen LogP contribution in [-0.2, 0) is 17.6 Å². The molecule has 0 unspecified atom stereocenters. The van der Waals surface area contributed by atoms with E-state index in [0.29, 0.717) is 16.6 Å². The van der Waals surface area contributed by atoms with E-state index in [2.05, 4.69) is 19.1 Å². The van der Waals surface area contributed by atoms with Crippen LogP contribution >= 0.6 is 11.3 Å². The van der Waals surface area contributed by atoms with Gasteiger partial charge in [0.1, 0.15) is 0 Å². The zero-order chi connectivity index (χ0) is 21.8. The molecule has 1 amide bonds. The summed E-state index contributed by atoms with van der Waals surface area (Å²) in [6, 6.07) is 21.5. The van der Waals surface area contributed by atoms with E-state index in [4.69, 9.17) is 14.5 Å². The molecule has 0 fully saturated rings. The zero-order valence-electron chi connectivity index (χ0n) is 17.8. The number of carbonyl (C=O) groups is 1. The Hall–Kier alpha value is -3.38. The number of benzene rings is 3. The molecule has 4 rings (SSSR count). The third kappa shape index (κ3) is 4.39. The Kier molecular flexibility index (Phi) is 6.18. The van der Waals surface area contributed by atoms with Crippen molar-refractivity contribution < 1.29 is 14.3 Å². The molecular weight excluding hydrogens is 408 g/mol. The largest absolute Gasteiger partial charge is 0.493 e. The number of hydrogen-bond acceptors (Lipinski definition) is 5. The lowest BCUT2D eigenvalue weighted by Crippen LogP contribution is -2.27. The number of thiazole rings is 1. The molecule has 4 aromatic rings. The highest BCUT2D eigenvalue weighted by molar-refractivity contribution is 7.22. The molecule has 0 aliphatic rings. The van der Waals surface area contributed by atoms with Crippen LogP contribution in [0.4, 0.5) is 10.8 Å². The molecule has 5 nitrogen and oxygen atoms in total. The molecular formula is C25H24N2O3S. The van der Waals surface area contributed by atoms with Gasteiger partial charge in [0.15, 0.2) is 16.6 Å². The summed E-state index contributed by atoms with van der Waals surface area (Å²) in [6.45, 7) is 2.11. The van der Waals surface area contributed by atoms with Crippen molar-refractivity contribution in [3.63, 3.8) is 0 Å². The van der Waals surface area contributed by atoms with Gasteiger partial charge in [0.2, 0.25) is 5.91 Å². The Labute approximate surface area is 185 Å². The van der Waals surface area contributed by atoms with Crippen molar-refractivity contribution in [2.24, 2.45) is 0 Å². The second kappa shape index (κ2) is 9.18. The fourth-order valence-electron chi connectivity index (χ4n) is 3.44. The van der Waals surface area contributed by atoms with Gasteiger partial charge in [-0.25, -0.2) is 4.98 Å². The second-order valence-corrected chi connectivity index (χ2v) is 8.09. The summed E-state index contributed by atoms with van der Waals surface area (Å²) in [6.07, 6.45) is 1.16. The van der Waals surface area contributed by atoms with Crippen molar-refractivity contribution in [3.8, 4) is 11.5 Å². The minimum atomic E-state index is -0.0597. The van der Waals surface area contributed by atoms with Crippen LogP contribution < -0.4 is 14.4 Å². The Morgan fingerprint density at radius 3 is 2.32 bits per heavy atom. The van der Waals surface area contributed by atoms with Gasteiger partial charge in [-0.1, -0.05) is 48.6 Å². The van der Waals surface area contributed by atoms with Gasteiger partial charge in [-0.05, 0) is 53.9 Å². The van der Waals surface area contributed by atoms with Crippen LogP contribution in [0, 0.1) is 0 Å². The second-order valence-electron chi connectivity index (χ2n) is 7.08. The van der Waals surface area contributed by atoms with Gasteiger partial charge in [0.25, 0.3) is 0 Å². The van der Waals surface area contributed by atoms with E-state index in [-0.39, 0.29) is 12.3 Å². The van der Waals surface area contributed by atoms with Crippen molar-refractivity contribution in [1.29, 1.82) is 0 Å². The van der Waals surface area contributed by atoms with Gasteiger partial charge >= 0.3 is 0 Å². The summed E-state index contributed by atoms with van der Waals surface area (Å²) in [5.74, 6) is 1.18. The number of methoxy groups -OCH3 is 2. The first-order valence-electron chi connectivity index (χ1n) is 10.1. The Morgan fingerprint density at radius 1 is 0.935 bits per heavy atom. The minimum Gasteiger partial charge on any atom is -0.493 e. The molecule has 0 radical (unpaired) electrons. The van der Waals surface area contributed by atoms with Gasteiger partial charge in [0, 0.05) is 0 Å². The number of amides is 1. The molecule has 31 heavy (non-hydrogen) atoms. The molecule has 1 aromatic heterocycles. The average molecular weight is 433 g/mol. The first kappa shape index (κ1) is 20.9. The van der Waals surface area contributed by atoms with Crippen molar-refractivity contribution in [1.82, 2.24) is 4.98 Å². The summed E-state index contributed by atoms with van der Waals surface area (Å²) in [4.78, 5) is 20.0. The van der Waals surface area contributed by atoms with Crippen LogP contribution in [0.25, 0.3) is 10.2 Å². The van der Waals surface area contributed by atoms with E-state index < -0.39 is 0 Å². The molecule has 0 saturated carbocycles. The van der Waals surface area contributed by atoms with Crippen molar-refractivity contribution in [2.75, 3.05) is 19.1 Å². The van der Waals surface area contributed by atoms with Crippen LogP contribution in [0.1, 0.15) is 18.1 Å². The quantitative estimate of drug-likeness (QED) is 0.371. The minimum absolute atomic E-state index is 0.0597. The molecule has 158 valence electrons. The SMILES string of the molecule is CCc1ccc(N(C(=O)Cc2ccc(OC)c(OC)c2)c2nc3ccccc3s2)cc1. The maximum absolute atomic E-state index is 13.5. The lowest BCUT2D eigenvalue weighted by atomic mass is 10.1. The van der Waals surface area contributed by atoms with Crippen LogP contribution in [0.3, 0.4) is 0 Å². The average Bonchev–Trinajstić information content (AvgIpc) is 3.23. The number of para-hydroxylation sites is 1. The predicted octanol–water partition coefficient (Wildman–Crippen LogP) is 5.78. The van der Waals surface area contributed by atoms with Gasteiger partial charge in [-0.3, -0.25) is 9.69 Å². The smallest absolute Gasteiger partial charge is 0.237 e. The van der Waals surface area contributed by atoms with Crippen LogP contribution in [0.15, 0.2) is 66.7 Å². The third-order valence-corrected chi connectivity index (χ3v) is 6.15. The molecule has 0 atom stereocenters. The zero-order valence-corrected chi connectivity index (χ0v) is 18.6. The summed E-state index contributed by atoms with van der Waals surface area (Å²) in [5, 5.41) is 0.663. The normalized spacial score (nSPS) is 10.8. The Bertz CT molecular complexity index is 1170. The molecule has 3 aromatic carbocycles. The molecule has 0 bridgehead atoms. The van der Waals surface area contributed by atoms with Crippen LogP contribution in [0.5, 0.6) is 11.5 Å².